The van der Waals surface area contributed by atoms with Crippen LogP contribution in [-0.4, -0.2) is 21.0 Å². The molecule has 0 aromatic carbocycles. The first kappa shape index (κ1) is 8.85. The first-order chi connectivity index (χ1) is 7.33. The number of rotatable bonds is 2. The fourth-order valence-corrected chi connectivity index (χ4v) is 1.59. The normalized spacial score (nSPS) is 15.5. The van der Waals surface area contributed by atoms with Gasteiger partial charge in [0.25, 0.3) is 0 Å². The second-order valence-corrected chi connectivity index (χ2v) is 4.00. The molecule has 0 bridgehead atoms. The Morgan fingerprint density at radius 2 is 2.13 bits per heavy atom. The minimum atomic E-state index is 0.419. The third kappa shape index (κ3) is 1.72. The summed E-state index contributed by atoms with van der Waals surface area (Å²) in [5, 5.41) is 3.67. The maximum absolute atomic E-state index is 6.01. The lowest BCUT2D eigenvalue weighted by Crippen LogP contribution is -2.04. The van der Waals surface area contributed by atoms with Crippen molar-refractivity contribution in [3.05, 3.63) is 23.6 Å². The highest BCUT2D eigenvalue weighted by atomic mass is 35.5. The van der Waals surface area contributed by atoms with Crippen molar-refractivity contribution in [2.24, 2.45) is 0 Å². The van der Waals surface area contributed by atoms with Crippen LogP contribution in [-0.2, 0) is 0 Å². The largest absolute Gasteiger partial charge is 0.365 e. The minimum Gasteiger partial charge on any atom is -0.365 e. The van der Waals surface area contributed by atoms with Gasteiger partial charge in [0.2, 0.25) is 0 Å². The zero-order valence-electron chi connectivity index (χ0n) is 7.94. The van der Waals surface area contributed by atoms with Gasteiger partial charge in [-0.3, -0.25) is 4.98 Å². The average molecular weight is 221 g/mol. The van der Waals surface area contributed by atoms with Crippen LogP contribution in [0.4, 0.5) is 5.82 Å². The Hall–Kier alpha value is -1.42. The van der Waals surface area contributed by atoms with E-state index in [1.807, 2.05) is 6.07 Å². The molecule has 5 heteroatoms. The molecule has 2 aromatic rings. The predicted octanol–water partition coefficient (Wildman–Crippen LogP) is 2.25. The van der Waals surface area contributed by atoms with Gasteiger partial charge in [-0.2, -0.15) is 0 Å². The lowest BCUT2D eigenvalue weighted by Gasteiger charge is -2.06. The average Bonchev–Trinajstić information content (AvgIpc) is 3.03. The third-order valence-electron chi connectivity index (χ3n) is 2.34. The molecule has 15 heavy (non-hydrogen) atoms. The summed E-state index contributed by atoms with van der Waals surface area (Å²) >= 11 is 6.01. The van der Waals surface area contributed by atoms with Crippen LogP contribution < -0.4 is 5.32 Å². The van der Waals surface area contributed by atoms with Crippen molar-refractivity contribution in [3.8, 4) is 0 Å². The van der Waals surface area contributed by atoms with Crippen molar-refractivity contribution in [3.63, 3.8) is 0 Å². The maximum Gasteiger partial charge on any atom is 0.172 e. The molecule has 0 amide bonds. The van der Waals surface area contributed by atoms with E-state index in [0.29, 0.717) is 17.0 Å². The van der Waals surface area contributed by atoms with E-state index in [-0.39, 0.29) is 0 Å². The Kier molecular flexibility index (Phi) is 1.95. The van der Waals surface area contributed by atoms with E-state index >= 15 is 0 Å². The van der Waals surface area contributed by atoms with E-state index in [1.165, 1.54) is 12.8 Å². The molecule has 3 rings (SSSR count). The second-order valence-electron chi connectivity index (χ2n) is 3.65. The molecule has 0 radical (unpaired) electrons. The van der Waals surface area contributed by atoms with Gasteiger partial charge in [0.15, 0.2) is 11.0 Å². The van der Waals surface area contributed by atoms with Crippen molar-refractivity contribution in [2.45, 2.75) is 18.9 Å². The fraction of sp³-hybridized carbons (Fsp3) is 0.300. The van der Waals surface area contributed by atoms with Gasteiger partial charge in [-0.25, -0.2) is 9.97 Å². The number of hydrogen-bond acceptors (Lipinski definition) is 4. The SMILES string of the molecule is Clc1nc2cnccc2nc1NC1CC1. The van der Waals surface area contributed by atoms with Crippen LogP contribution in [0.1, 0.15) is 12.8 Å². The van der Waals surface area contributed by atoms with Crippen molar-refractivity contribution >= 4 is 28.5 Å². The van der Waals surface area contributed by atoms with Crippen LogP contribution in [0.2, 0.25) is 5.15 Å². The van der Waals surface area contributed by atoms with Crippen LogP contribution in [0.25, 0.3) is 11.0 Å². The molecule has 2 aromatic heterocycles. The summed E-state index contributed by atoms with van der Waals surface area (Å²) in [6, 6.07) is 2.35. The lowest BCUT2D eigenvalue weighted by atomic mass is 10.4. The van der Waals surface area contributed by atoms with Gasteiger partial charge in [-0.1, -0.05) is 11.6 Å². The Labute approximate surface area is 91.7 Å². The van der Waals surface area contributed by atoms with Crippen LogP contribution in [0, 0.1) is 0 Å². The monoisotopic (exact) mass is 220 g/mol. The summed E-state index contributed by atoms with van der Waals surface area (Å²) < 4.78 is 0. The van der Waals surface area contributed by atoms with Gasteiger partial charge in [0.1, 0.15) is 5.52 Å². The molecule has 1 aliphatic rings. The van der Waals surface area contributed by atoms with E-state index in [2.05, 4.69) is 20.3 Å². The summed E-state index contributed by atoms with van der Waals surface area (Å²) in [4.78, 5) is 12.6. The number of fused-ring (bicyclic) bond motifs is 1. The molecule has 4 nitrogen and oxygen atoms in total. The number of halogens is 1. The molecular formula is C10H9ClN4. The number of hydrogen-bond donors (Lipinski definition) is 1. The van der Waals surface area contributed by atoms with Crippen LogP contribution in [0.15, 0.2) is 18.5 Å². The van der Waals surface area contributed by atoms with Gasteiger partial charge in [-0.05, 0) is 18.9 Å². The Morgan fingerprint density at radius 3 is 2.93 bits per heavy atom. The molecule has 1 aliphatic carbocycles. The molecule has 1 fully saturated rings. The number of aromatic nitrogens is 3. The van der Waals surface area contributed by atoms with E-state index in [9.17, 15) is 0 Å². The molecule has 0 unspecified atom stereocenters. The highest BCUT2D eigenvalue weighted by Crippen LogP contribution is 2.28. The third-order valence-corrected chi connectivity index (χ3v) is 2.61. The van der Waals surface area contributed by atoms with Crippen LogP contribution >= 0.6 is 11.6 Å². The Morgan fingerprint density at radius 1 is 1.27 bits per heavy atom. The summed E-state index contributed by atoms with van der Waals surface area (Å²) in [6.45, 7) is 0. The Bertz CT molecular complexity index is 510. The van der Waals surface area contributed by atoms with Gasteiger partial charge >= 0.3 is 0 Å². The lowest BCUT2D eigenvalue weighted by molar-refractivity contribution is 1.11. The number of nitrogens with zero attached hydrogens (tertiary/aromatic N) is 3. The van der Waals surface area contributed by atoms with E-state index in [1.54, 1.807) is 12.4 Å². The molecule has 76 valence electrons. The highest BCUT2D eigenvalue weighted by molar-refractivity contribution is 6.32. The van der Waals surface area contributed by atoms with E-state index < -0.39 is 0 Å². The van der Waals surface area contributed by atoms with Crippen molar-refractivity contribution in [1.82, 2.24) is 15.0 Å². The maximum atomic E-state index is 6.01. The van der Waals surface area contributed by atoms with Crippen LogP contribution in [0.5, 0.6) is 0 Å². The standard InChI is InChI=1S/C10H9ClN4/c11-9-10(13-6-1-2-6)15-7-3-4-12-5-8(7)14-9/h3-6H,1-2H2,(H,13,15). The number of pyridine rings is 1. The van der Waals surface area contributed by atoms with Gasteiger partial charge in [0.05, 0.1) is 11.7 Å². The molecule has 0 saturated heterocycles. The molecule has 0 atom stereocenters. The molecule has 1 saturated carbocycles. The van der Waals surface area contributed by atoms with Crippen molar-refractivity contribution in [2.75, 3.05) is 5.32 Å². The number of anilines is 1. The quantitative estimate of drug-likeness (QED) is 0.844. The van der Waals surface area contributed by atoms with Gasteiger partial charge in [-0.15, -0.1) is 0 Å². The molecule has 0 spiro atoms. The molecule has 2 heterocycles. The van der Waals surface area contributed by atoms with E-state index in [4.69, 9.17) is 11.6 Å². The molecule has 0 aliphatic heterocycles. The second kappa shape index (κ2) is 3.31. The van der Waals surface area contributed by atoms with Crippen molar-refractivity contribution < 1.29 is 0 Å². The smallest absolute Gasteiger partial charge is 0.172 e. The fourth-order valence-electron chi connectivity index (χ4n) is 1.40. The number of nitrogens with one attached hydrogen (secondary N) is 1. The first-order valence-electron chi connectivity index (χ1n) is 4.87. The van der Waals surface area contributed by atoms with Gasteiger partial charge < -0.3 is 5.32 Å². The van der Waals surface area contributed by atoms with Crippen LogP contribution in [0.3, 0.4) is 0 Å². The highest BCUT2D eigenvalue weighted by Gasteiger charge is 2.22. The molecular weight excluding hydrogens is 212 g/mol. The topological polar surface area (TPSA) is 50.7 Å². The summed E-state index contributed by atoms with van der Waals surface area (Å²) in [5.74, 6) is 0.679. The summed E-state index contributed by atoms with van der Waals surface area (Å²) in [7, 11) is 0. The van der Waals surface area contributed by atoms with E-state index in [0.717, 1.165) is 11.0 Å². The van der Waals surface area contributed by atoms with Crippen molar-refractivity contribution in [1.29, 1.82) is 0 Å². The summed E-state index contributed by atoms with van der Waals surface area (Å²) in [6.07, 6.45) is 5.74. The van der Waals surface area contributed by atoms with Gasteiger partial charge in [0, 0.05) is 12.2 Å². The Balaban J connectivity index is 2.08. The summed E-state index contributed by atoms with van der Waals surface area (Å²) in [5.41, 5.74) is 1.54. The molecule has 1 N–H and O–H groups in total. The zero-order valence-corrected chi connectivity index (χ0v) is 8.70. The first-order valence-corrected chi connectivity index (χ1v) is 5.24. The predicted molar refractivity (Wildman–Crippen MR) is 59.0 cm³/mol. The zero-order chi connectivity index (χ0) is 10.3. The minimum absolute atomic E-state index is 0.419.